The zero-order valence-electron chi connectivity index (χ0n) is 31.1. The van der Waals surface area contributed by atoms with Crippen LogP contribution >= 0.6 is 11.3 Å². The highest BCUT2D eigenvalue weighted by Gasteiger charge is 2.36. The molecule has 0 fully saturated rings. The van der Waals surface area contributed by atoms with Crippen molar-refractivity contribution < 1.29 is 0 Å². The summed E-state index contributed by atoms with van der Waals surface area (Å²) in [6.45, 7) is 4.66. The van der Waals surface area contributed by atoms with Crippen LogP contribution in [0.15, 0.2) is 182 Å². The lowest BCUT2D eigenvalue weighted by molar-refractivity contribution is 0.660. The van der Waals surface area contributed by atoms with Gasteiger partial charge in [-0.15, -0.1) is 11.3 Å². The minimum Gasteiger partial charge on any atom is -0.228 e. The average Bonchev–Trinajstić information content (AvgIpc) is 3.76. The van der Waals surface area contributed by atoms with Crippen molar-refractivity contribution in [3.63, 3.8) is 0 Å². The van der Waals surface area contributed by atoms with Gasteiger partial charge in [0.05, 0.1) is 11.4 Å². The zero-order valence-corrected chi connectivity index (χ0v) is 31.9. The monoisotopic (exact) mass is 732 g/mol. The van der Waals surface area contributed by atoms with Gasteiger partial charge in [-0.1, -0.05) is 153 Å². The normalized spacial score (nSPS) is 13.0. The summed E-state index contributed by atoms with van der Waals surface area (Å²) in [5, 5.41) is 5.19. The molecule has 0 saturated heterocycles. The van der Waals surface area contributed by atoms with Crippen molar-refractivity contribution in [3.8, 4) is 67.3 Å². The first kappa shape index (κ1) is 32.7. The molecule has 0 radical (unpaired) electrons. The van der Waals surface area contributed by atoms with Crippen molar-refractivity contribution in [1.82, 2.24) is 9.97 Å². The minimum atomic E-state index is -0.111. The second kappa shape index (κ2) is 12.7. The fourth-order valence-electron chi connectivity index (χ4n) is 8.88. The molecule has 0 atom stereocenters. The third-order valence-electron chi connectivity index (χ3n) is 11.7. The maximum Gasteiger partial charge on any atom is 0.160 e. The summed E-state index contributed by atoms with van der Waals surface area (Å²) in [4.78, 5) is 10.7. The molecule has 0 aliphatic heterocycles. The van der Waals surface area contributed by atoms with Gasteiger partial charge in [0.1, 0.15) is 0 Å². The Balaban J connectivity index is 1.15. The molecule has 0 bridgehead atoms. The number of rotatable bonds is 5. The van der Waals surface area contributed by atoms with Crippen molar-refractivity contribution in [2.24, 2.45) is 0 Å². The highest BCUT2D eigenvalue weighted by atomic mass is 32.1. The van der Waals surface area contributed by atoms with Crippen LogP contribution in [0.1, 0.15) is 25.0 Å². The summed E-state index contributed by atoms with van der Waals surface area (Å²) < 4.78 is 2.61. The van der Waals surface area contributed by atoms with Crippen molar-refractivity contribution >= 4 is 42.3 Å². The number of hydrogen-bond acceptors (Lipinski definition) is 3. The van der Waals surface area contributed by atoms with E-state index >= 15 is 0 Å². The molecule has 3 heteroatoms. The van der Waals surface area contributed by atoms with Crippen LogP contribution < -0.4 is 0 Å². The molecule has 2 aromatic heterocycles. The number of fused-ring (bicyclic) bond motifs is 8. The van der Waals surface area contributed by atoms with Crippen LogP contribution in [0, 0.1) is 0 Å². The Morgan fingerprint density at radius 2 is 1.05 bits per heavy atom. The summed E-state index contributed by atoms with van der Waals surface area (Å²) in [5.41, 5.74) is 14.7. The number of aromatic nitrogens is 2. The van der Waals surface area contributed by atoms with E-state index in [9.17, 15) is 0 Å². The molecule has 56 heavy (non-hydrogen) atoms. The lowest BCUT2D eigenvalue weighted by Crippen LogP contribution is -2.14. The average molecular weight is 733 g/mol. The van der Waals surface area contributed by atoms with Crippen LogP contribution in [0.4, 0.5) is 0 Å². The van der Waals surface area contributed by atoms with Gasteiger partial charge in [-0.2, -0.15) is 0 Å². The summed E-state index contributed by atoms with van der Waals surface area (Å²) >= 11 is 1.87. The van der Waals surface area contributed by atoms with E-state index in [1.54, 1.807) is 0 Å². The summed E-state index contributed by atoms with van der Waals surface area (Å²) in [6, 6.07) is 66.0. The van der Waals surface area contributed by atoms with Crippen molar-refractivity contribution in [2.75, 3.05) is 0 Å². The number of thiophene rings is 1. The molecular formula is C53H36N2S. The Hall–Kier alpha value is -6.68. The van der Waals surface area contributed by atoms with Crippen LogP contribution in [0.2, 0.25) is 0 Å². The predicted molar refractivity (Wildman–Crippen MR) is 237 cm³/mol. The molecule has 264 valence electrons. The fraction of sp³-hybridized carbons (Fsp3) is 0.0566. The topological polar surface area (TPSA) is 25.8 Å². The van der Waals surface area contributed by atoms with Crippen LogP contribution in [-0.4, -0.2) is 9.97 Å². The predicted octanol–water partition coefficient (Wildman–Crippen LogP) is 14.6. The number of hydrogen-bond donors (Lipinski definition) is 0. The van der Waals surface area contributed by atoms with Crippen molar-refractivity contribution in [1.29, 1.82) is 0 Å². The maximum absolute atomic E-state index is 5.34. The molecule has 1 aliphatic carbocycles. The van der Waals surface area contributed by atoms with E-state index in [4.69, 9.17) is 9.97 Å². The highest BCUT2D eigenvalue weighted by molar-refractivity contribution is 7.26. The minimum absolute atomic E-state index is 0.111. The molecule has 10 aromatic rings. The summed E-state index contributed by atoms with van der Waals surface area (Å²) in [7, 11) is 0. The Kier molecular flexibility index (Phi) is 7.42. The van der Waals surface area contributed by atoms with E-state index in [2.05, 4.69) is 190 Å². The van der Waals surface area contributed by atoms with Gasteiger partial charge in [0.2, 0.25) is 0 Å². The van der Waals surface area contributed by atoms with Gasteiger partial charge in [-0.25, -0.2) is 9.97 Å². The van der Waals surface area contributed by atoms with Crippen molar-refractivity contribution in [2.45, 2.75) is 19.3 Å². The molecule has 8 aromatic carbocycles. The maximum atomic E-state index is 5.34. The Morgan fingerprint density at radius 1 is 0.411 bits per heavy atom. The van der Waals surface area contributed by atoms with Gasteiger partial charge in [-0.3, -0.25) is 0 Å². The fourth-order valence-corrected chi connectivity index (χ4v) is 9.99. The summed E-state index contributed by atoms with van der Waals surface area (Å²) in [6.07, 6.45) is 0. The quantitative estimate of drug-likeness (QED) is 0.176. The Labute approximate surface area is 330 Å². The third kappa shape index (κ3) is 5.23. The smallest absolute Gasteiger partial charge is 0.160 e. The van der Waals surface area contributed by atoms with Crippen LogP contribution in [-0.2, 0) is 5.41 Å². The number of nitrogens with zero attached hydrogens (tertiary/aromatic N) is 2. The molecule has 1 aliphatic rings. The van der Waals surface area contributed by atoms with Gasteiger partial charge in [-0.05, 0) is 97.7 Å². The van der Waals surface area contributed by atoms with Crippen molar-refractivity contribution in [3.05, 3.63) is 193 Å². The van der Waals surface area contributed by atoms with Gasteiger partial charge in [0.15, 0.2) is 5.82 Å². The Bertz CT molecular complexity index is 3160. The van der Waals surface area contributed by atoms with Crippen LogP contribution in [0.5, 0.6) is 0 Å². The van der Waals surface area contributed by atoms with Gasteiger partial charge in [0.25, 0.3) is 0 Å². The zero-order chi connectivity index (χ0) is 37.4. The standard InChI is InChI=1S/C53H36N2S/c1-53(2)44-22-12-11-20-41(44)50-42(21-13-23-45(50)53)47-32-46(54-52(55-47)35-17-7-4-8-18-35)39-29-37(33-14-5-3-6-15-33)28-38(30-39)36-25-26-48-43(31-36)51-40-19-10-9-16-34(40)24-27-49(51)56-48/h3-32H,1-2H3. The SMILES string of the molecule is CC1(C)c2ccccc2-c2c(-c3cc(-c4cc(-c5ccccc5)cc(-c5ccc6sc7ccc8ccccc8c7c6c5)c4)nc(-c4ccccc4)n3)cccc21. The first-order valence-corrected chi connectivity index (χ1v) is 20.0. The lowest BCUT2D eigenvalue weighted by Gasteiger charge is -2.21. The molecule has 0 amide bonds. The van der Waals surface area contributed by atoms with E-state index in [0.29, 0.717) is 5.82 Å². The first-order valence-electron chi connectivity index (χ1n) is 19.2. The number of benzene rings is 8. The van der Waals surface area contributed by atoms with Gasteiger partial charge < -0.3 is 0 Å². The largest absolute Gasteiger partial charge is 0.228 e. The first-order chi connectivity index (χ1) is 27.5. The van der Waals surface area contributed by atoms with E-state index in [1.165, 1.54) is 64.3 Å². The molecule has 0 unspecified atom stereocenters. The van der Waals surface area contributed by atoms with E-state index in [1.807, 2.05) is 17.4 Å². The van der Waals surface area contributed by atoms with E-state index in [-0.39, 0.29) is 5.41 Å². The highest BCUT2D eigenvalue weighted by Crippen LogP contribution is 2.52. The van der Waals surface area contributed by atoms with Gasteiger partial charge in [0, 0.05) is 42.3 Å². The third-order valence-corrected chi connectivity index (χ3v) is 12.8. The van der Waals surface area contributed by atoms with Gasteiger partial charge >= 0.3 is 0 Å². The molecule has 0 saturated carbocycles. The molecule has 2 nitrogen and oxygen atoms in total. The molecule has 0 N–H and O–H groups in total. The molecule has 0 spiro atoms. The lowest BCUT2D eigenvalue weighted by atomic mass is 9.82. The molecule has 2 heterocycles. The second-order valence-corrected chi connectivity index (χ2v) is 16.4. The van der Waals surface area contributed by atoms with Crippen LogP contribution in [0.25, 0.3) is 98.2 Å². The molecule has 11 rings (SSSR count). The molecular weight excluding hydrogens is 697 g/mol. The van der Waals surface area contributed by atoms with E-state index in [0.717, 1.165) is 39.2 Å². The van der Waals surface area contributed by atoms with E-state index < -0.39 is 0 Å². The Morgan fingerprint density at radius 3 is 1.89 bits per heavy atom. The summed E-state index contributed by atoms with van der Waals surface area (Å²) in [5.74, 6) is 0.714. The van der Waals surface area contributed by atoms with Crippen LogP contribution in [0.3, 0.4) is 0 Å². The second-order valence-electron chi connectivity index (χ2n) is 15.4.